The second-order valence-electron chi connectivity index (χ2n) is 6.50. The minimum absolute atomic E-state index is 0.161. The third-order valence-corrected chi connectivity index (χ3v) is 5.52. The predicted octanol–water partition coefficient (Wildman–Crippen LogP) is 2.96. The average molecular weight is 344 g/mol. The van der Waals surface area contributed by atoms with Crippen LogP contribution in [0.15, 0.2) is 18.2 Å². The second-order valence-corrected chi connectivity index (χ2v) is 9.02. The van der Waals surface area contributed by atoms with E-state index in [2.05, 4.69) is 10.0 Å². The van der Waals surface area contributed by atoms with Gasteiger partial charge in [0.15, 0.2) is 0 Å². The number of hydrogen-bond acceptors (Lipinski definition) is 3. The maximum atomic E-state index is 13.6. The second kappa shape index (κ2) is 7.88. The maximum absolute atomic E-state index is 13.6. The molecule has 1 aromatic carbocycles. The fraction of sp³-hybridized carbons (Fsp3) is 0.562. The Hall–Kier alpha value is -1.47. The fourth-order valence-electron chi connectivity index (χ4n) is 1.77. The molecule has 1 amide bonds. The number of benzene rings is 1. The third kappa shape index (κ3) is 6.27. The van der Waals surface area contributed by atoms with Crippen LogP contribution >= 0.6 is 0 Å². The molecule has 0 atom stereocenters. The zero-order valence-corrected chi connectivity index (χ0v) is 14.9. The Morgan fingerprint density at radius 1 is 1.22 bits per heavy atom. The number of unbranched alkanes of at least 4 members (excludes halogenated alkanes) is 1. The highest BCUT2D eigenvalue weighted by Crippen LogP contribution is 2.16. The highest BCUT2D eigenvalue weighted by molar-refractivity contribution is 7.90. The first kappa shape index (κ1) is 19.6. The van der Waals surface area contributed by atoms with Crippen molar-refractivity contribution in [1.82, 2.24) is 4.72 Å². The summed E-state index contributed by atoms with van der Waals surface area (Å²) in [4.78, 5) is 11.8. The number of rotatable bonds is 7. The number of hydrogen-bond donors (Lipinski definition) is 2. The van der Waals surface area contributed by atoms with Gasteiger partial charge in [-0.15, -0.1) is 0 Å². The van der Waals surface area contributed by atoms with Gasteiger partial charge in [-0.05, 0) is 58.2 Å². The van der Waals surface area contributed by atoms with Crippen LogP contribution in [0.4, 0.5) is 10.1 Å². The number of halogens is 1. The summed E-state index contributed by atoms with van der Waals surface area (Å²) in [7, 11) is -3.36. The molecule has 7 heteroatoms. The lowest BCUT2D eigenvalue weighted by Gasteiger charge is -2.19. The van der Waals surface area contributed by atoms with Gasteiger partial charge in [-0.1, -0.05) is 6.07 Å². The normalized spacial score (nSPS) is 12.2. The van der Waals surface area contributed by atoms with Crippen molar-refractivity contribution in [3.8, 4) is 0 Å². The minimum Gasteiger partial charge on any atom is -0.324 e. The summed E-state index contributed by atoms with van der Waals surface area (Å²) >= 11 is 0. The number of sulfonamides is 1. The minimum atomic E-state index is -3.36. The van der Waals surface area contributed by atoms with Gasteiger partial charge in [0.1, 0.15) is 5.82 Å². The molecule has 2 N–H and O–H groups in total. The number of aryl methyl sites for hydroxylation is 1. The maximum Gasteiger partial charge on any atom is 0.224 e. The van der Waals surface area contributed by atoms with E-state index in [0.29, 0.717) is 12.8 Å². The molecule has 0 aliphatic rings. The van der Waals surface area contributed by atoms with Crippen LogP contribution in [0.1, 0.15) is 45.6 Å². The Bertz CT molecular complexity index is 652. The molecule has 23 heavy (non-hydrogen) atoms. The molecule has 0 saturated heterocycles. The van der Waals surface area contributed by atoms with Crippen LogP contribution in [-0.4, -0.2) is 25.6 Å². The van der Waals surface area contributed by atoms with Crippen LogP contribution in [0.3, 0.4) is 0 Å². The van der Waals surface area contributed by atoms with Crippen molar-refractivity contribution < 1.29 is 17.6 Å². The predicted molar refractivity (Wildman–Crippen MR) is 90.3 cm³/mol. The van der Waals surface area contributed by atoms with Crippen molar-refractivity contribution in [2.75, 3.05) is 11.9 Å². The lowest BCUT2D eigenvalue weighted by molar-refractivity contribution is -0.116. The molecule has 0 heterocycles. The lowest BCUT2D eigenvalue weighted by atomic mass is 10.2. The molecule has 0 fully saturated rings. The standard InChI is InChI=1S/C16H25FN2O3S/c1-12-8-9-14(13(17)11-12)19-15(20)7-5-6-10-18-23(21,22)16(2,3)4/h8-9,11,18H,5-7,10H2,1-4H3,(H,19,20). The van der Waals surface area contributed by atoms with Crippen LogP contribution in [0.25, 0.3) is 0 Å². The summed E-state index contributed by atoms with van der Waals surface area (Å²) in [5.41, 5.74) is 0.945. The highest BCUT2D eigenvalue weighted by Gasteiger charge is 2.27. The van der Waals surface area contributed by atoms with Crippen LogP contribution in [0.5, 0.6) is 0 Å². The fourth-order valence-corrected chi connectivity index (χ4v) is 2.61. The molecular weight excluding hydrogens is 319 g/mol. The van der Waals surface area contributed by atoms with Crippen molar-refractivity contribution >= 4 is 21.6 Å². The lowest BCUT2D eigenvalue weighted by Crippen LogP contribution is -2.39. The summed E-state index contributed by atoms with van der Waals surface area (Å²) in [5, 5.41) is 2.52. The molecule has 1 rings (SSSR count). The zero-order valence-electron chi connectivity index (χ0n) is 14.1. The van der Waals surface area contributed by atoms with Crippen molar-refractivity contribution in [3.63, 3.8) is 0 Å². The van der Waals surface area contributed by atoms with E-state index in [9.17, 15) is 17.6 Å². The van der Waals surface area contributed by atoms with E-state index in [1.54, 1.807) is 33.8 Å². The quantitative estimate of drug-likeness (QED) is 0.747. The molecule has 0 radical (unpaired) electrons. The van der Waals surface area contributed by atoms with E-state index in [0.717, 1.165) is 5.56 Å². The molecule has 0 saturated carbocycles. The van der Waals surface area contributed by atoms with Crippen molar-refractivity contribution in [1.29, 1.82) is 0 Å². The van der Waals surface area contributed by atoms with Crippen LogP contribution in [-0.2, 0) is 14.8 Å². The summed E-state index contributed by atoms with van der Waals surface area (Å²) < 4.78 is 38.9. The van der Waals surface area contributed by atoms with E-state index in [4.69, 9.17) is 0 Å². The van der Waals surface area contributed by atoms with E-state index < -0.39 is 20.6 Å². The van der Waals surface area contributed by atoms with Crippen LogP contribution in [0, 0.1) is 12.7 Å². The van der Waals surface area contributed by atoms with Crippen LogP contribution < -0.4 is 10.0 Å². The Kier molecular flexibility index (Phi) is 6.70. The molecule has 0 unspecified atom stereocenters. The largest absolute Gasteiger partial charge is 0.324 e. The van der Waals surface area contributed by atoms with Gasteiger partial charge < -0.3 is 5.32 Å². The van der Waals surface area contributed by atoms with E-state index >= 15 is 0 Å². The molecule has 5 nitrogen and oxygen atoms in total. The molecule has 0 aromatic heterocycles. The summed E-state index contributed by atoms with van der Waals surface area (Å²) in [6, 6.07) is 4.61. The highest BCUT2D eigenvalue weighted by atomic mass is 32.2. The van der Waals surface area contributed by atoms with E-state index in [-0.39, 0.29) is 24.6 Å². The van der Waals surface area contributed by atoms with Crippen molar-refractivity contribution in [2.24, 2.45) is 0 Å². The van der Waals surface area contributed by atoms with E-state index in [1.165, 1.54) is 12.1 Å². The first-order valence-corrected chi connectivity index (χ1v) is 9.06. The van der Waals surface area contributed by atoms with Gasteiger partial charge in [-0.25, -0.2) is 17.5 Å². The Balaban J connectivity index is 2.32. The molecular formula is C16H25FN2O3S. The molecule has 0 aliphatic heterocycles. The summed E-state index contributed by atoms with van der Waals surface area (Å²) in [5.74, 6) is -0.747. The smallest absolute Gasteiger partial charge is 0.224 e. The van der Waals surface area contributed by atoms with Gasteiger partial charge in [0.05, 0.1) is 10.4 Å². The number of amides is 1. The Labute approximate surface area is 137 Å². The van der Waals surface area contributed by atoms with Gasteiger partial charge in [0.25, 0.3) is 0 Å². The molecule has 130 valence electrons. The summed E-state index contributed by atoms with van der Waals surface area (Å²) in [6.07, 6.45) is 1.27. The van der Waals surface area contributed by atoms with Gasteiger partial charge in [-0.2, -0.15) is 0 Å². The van der Waals surface area contributed by atoms with Gasteiger partial charge in [0.2, 0.25) is 15.9 Å². The Morgan fingerprint density at radius 2 is 1.87 bits per heavy atom. The van der Waals surface area contributed by atoms with Gasteiger partial charge >= 0.3 is 0 Å². The topological polar surface area (TPSA) is 75.3 Å². The summed E-state index contributed by atoms with van der Waals surface area (Å²) in [6.45, 7) is 6.93. The van der Waals surface area contributed by atoms with Crippen molar-refractivity contribution in [3.05, 3.63) is 29.6 Å². The number of carbonyl (C=O) groups is 1. The Morgan fingerprint density at radius 3 is 2.43 bits per heavy atom. The number of anilines is 1. The van der Waals surface area contributed by atoms with Crippen LogP contribution in [0.2, 0.25) is 0 Å². The van der Waals surface area contributed by atoms with Gasteiger partial charge in [0, 0.05) is 13.0 Å². The SMILES string of the molecule is Cc1ccc(NC(=O)CCCCNS(=O)(=O)C(C)(C)C)c(F)c1. The molecule has 1 aromatic rings. The van der Waals surface area contributed by atoms with Gasteiger partial charge in [-0.3, -0.25) is 4.79 Å². The average Bonchev–Trinajstić information content (AvgIpc) is 2.40. The first-order valence-electron chi connectivity index (χ1n) is 7.58. The molecule has 0 bridgehead atoms. The zero-order chi connectivity index (χ0) is 17.7. The van der Waals surface area contributed by atoms with Crippen molar-refractivity contribution in [2.45, 2.75) is 51.7 Å². The third-order valence-electron chi connectivity index (χ3n) is 3.33. The van der Waals surface area contributed by atoms with E-state index in [1.807, 2.05) is 0 Å². The first-order chi connectivity index (χ1) is 10.5. The monoisotopic (exact) mass is 344 g/mol. The molecule has 0 spiro atoms. The molecule has 0 aliphatic carbocycles. The number of nitrogens with one attached hydrogen (secondary N) is 2. The number of carbonyl (C=O) groups excluding carboxylic acids is 1.